The van der Waals surface area contributed by atoms with E-state index in [4.69, 9.17) is 9.47 Å². The second kappa shape index (κ2) is 7.13. The quantitative estimate of drug-likeness (QED) is 0.899. The van der Waals surface area contributed by atoms with Crippen LogP contribution in [-0.4, -0.2) is 18.6 Å². The number of amides is 1. The SMILES string of the molecule is CCOc1cc2c(cc1CNC(=O)c1ccc(C)c(F)c1)O[C@@H](C)C2. The first kappa shape index (κ1) is 17.3. The zero-order valence-corrected chi connectivity index (χ0v) is 14.7. The van der Waals surface area contributed by atoms with Crippen LogP contribution >= 0.6 is 0 Å². The molecule has 0 radical (unpaired) electrons. The molecule has 2 aromatic rings. The van der Waals surface area contributed by atoms with Crippen molar-refractivity contribution in [2.24, 2.45) is 0 Å². The molecule has 1 N–H and O–H groups in total. The summed E-state index contributed by atoms with van der Waals surface area (Å²) in [4.78, 5) is 12.3. The molecule has 0 spiro atoms. The van der Waals surface area contributed by atoms with Gasteiger partial charge in [0.2, 0.25) is 0 Å². The zero-order valence-electron chi connectivity index (χ0n) is 14.7. The zero-order chi connectivity index (χ0) is 18.0. The third kappa shape index (κ3) is 3.76. The molecule has 3 rings (SSSR count). The van der Waals surface area contributed by atoms with Crippen molar-refractivity contribution in [1.29, 1.82) is 0 Å². The molecule has 1 aliphatic rings. The molecule has 0 bridgehead atoms. The number of nitrogens with one attached hydrogen (secondary N) is 1. The molecule has 1 amide bonds. The molecule has 0 aliphatic carbocycles. The largest absolute Gasteiger partial charge is 0.494 e. The Morgan fingerprint density at radius 3 is 2.88 bits per heavy atom. The molecule has 25 heavy (non-hydrogen) atoms. The van der Waals surface area contributed by atoms with Gasteiger partial charge in [-0.1, -0.05) is 6.07 Å². The fourth-order valence-corrected chi connectivity index (χ4v) is 2.92. The van der Waals surface area contributed by atoms with Crippen LogP contribution in [0.4, 0.5) is 4.39 Å². The Balaban J connectivity index is 1.77. The lowest BCUT2D eigenvalue weighted by Gasteiger charge is -2.13. The lowest BCUT2D eigenvalue weighted by Crippen LogP contribution is -2.23. The highest BCUT2D eigenvalue weighted by atomic mass is 19.1. The van der Waals surface area contributed by atoms with Crippen LogP contribution in [-0.2, 0) is 13.0 Å². The van der Waals surface area contributed by atoms with Gasteiger partial charge in [0.15, 0.2) is 0 Å². The minimum Gasteiger partial charge on any atom is -0.494 e. The Bertz CT molecular complexity index is 804. The van der Waals surface area contributed by atoms with Crippen molar-refractivity contribution in [3.05, 3.63) is 58.4 Å². The molecule has 0 fully saturated rings. The van der Waals surface area contributed by atoms with E-state index >= 15 is 0 Å². The topological polar surface area (TPSA) is 47.6 Å². The van der Waals surface area contributed by atoms with Gasteiger partial charge in [-0.05, 0) is 50.6 Å². The molecule has 132 valence electrons. The summed E-state index contributed by atoms with van der Waals surface area (Å²) < 4.78 is 25.1. The van der Waals surface area contributed by atoms with Crippen LogP contribution in [0.3, 0.4) is 0 Å². The van der Waals surface area contributed by atoms with Gasteiger partial charge in [0.05, 0.1) is 6.61 Å². The van der Waals surface area contributed by atoms with E-state index in [1.807, 2.05) is 26.0 Å². The number of benzene rings is 2. The first-order valence-electron chi connectivity index (χ1n) is 8.47. The summed E-state index contributed by atoms with van der Waals surface area (Å²) in [5.41, 5.74) is 2.77. The molecule has 1 aliphatic heterocycles. The maximum Gasteiger partial charge on any atom is 0.251 e. The summed E-state index contributed by atoms with van der Waals surface area (Å²) in [5, 5.41) is 2.82. The second-order valence-electron chi connectivity index (χ2n) is 6.28. The van der Waals surface area contributed by atoms with Crippen LogP contribution in [0.5, 0.6) is 11.5 Å². The normalized spacial score (nSPS) is 15.4. The number of fused-ring (bicyclic) bond motifs is 1. The van der Waals surface area contributed by atoms with Gasteiger partial charge in [-0.3, -0.25) is 4.79 Å². The van der Waals surface area contributed by atoms with E-state index in [0.717, 1.165) is 29.0 Å². The lowest BCUT2D eigenvalue weighted by molar-refractivity contribution is 0.0950. The Morgan fingerprint density at radius 2 is 2.16 bits per heavy atom. The average Bonchev–Trinajstić information content (AvgIpc) is 2.94. The predicted molar refractivity (Wildman–Crippen MR) is 93.7 cm³/mol. The van der Waals surface area contributed by atoms with Crippen LogP contribution in [0.1, 0.15) is 40.9 Å². The summed E-state index contributed by atoms with van der Waals surface area (Å²) in [6.45, 7) is 6.43. The maximum atomic E-state index is 13.6. The number of rotatable bonds is 5. The van der Waals surface area contributed by atoms with Crippen molar-refractivity contribution in [2.75, 3.05) is 6.61 Å². The van der Waals surface area contributed by atoms with E-state index in [1.54, 1.807) is 19.1 Å². The number of aryl methyl sites for hydroxylation is 1. The number of hydrogen-bond acceptors (Lipinski definition) is 3. The van der Waals surface area contributed by atoms with Crippen LogP contribution in [0, 0.1) is 12.7 Å². The number of hydrogen-bond donors (Lipinski definition) is 1. The minimum atomic E-state index is -0.387. The molecule has 0 aromatic heterocycles. The highest BCUT2D eigenvalue weighted by Crippen LogP contribution is 2.35. The summed E-state index contributed by atoms with van der Waals surface area (Å²) in [6.07, 6.45) is 0.995. The summed E-state index contributed by atoms with van der Waals surface area (Å²) in [5.74, 6) is 0.870. The molecule has 4 nitrogen and oxygen atoms in total. The summed E-state index contributed by atoms with van der Waals surface area (Å²) in [6, 6.07) is 8.36. The van der Waals surface area contributed by atoms with E-state index < -0.39 is 0 Å². The third-order valence-electron chi connectivity index (χ3n) is 4.25. The fraction of sp³-hybridized carbons (Fsp3) is 0.350. The Kier molecular flexibility index (Phi) is 4.93. The highest BCUT2D eigenvalue weighted by Gasteiger charge is 2.22. The predicted octanol–water partition coefficient (Wildman–Crippen LogP) is 3.79. The van der Waals surface area contributed by atoms with Crippen molar-refractivity contribution in [3.8, 4) is 11.5 Å². The highest BCUT2D eigenvalue weighted by molar-refractivity contribution is 5.94. The maximum absolute atomic E-state index is 13.6. The number of halogens is 1. The molecular formula is C20H22FNO3. The third-order valence-corrected chi connectivity index (χ3v) is 4.25. The van der Waals surface area contributed by atoms with Gasteiger partial charge in [-0.15, -0.1) is 0 Å². The van der Waals surface area contributed by atoms with Crippen LogP contribution in [0.2, 0.25) is 0 Å². The summed E-state index contributed by atoms with van der Waals surface area (Å²) >= 11 is 0. The molecule has 5 heteroatoms. The van der Waals surface area contributed by atoms with E-state index in [1.165, 1.54) is 6.07 Å². The van der Waals surface area contributed by atoms with Gasteiger partial charge in [0.1, 0.15) is 23.4 Å². The minimum absolute atomic E-state index is 0.143. The van der Waals surface area contributed by atoms with Crippen LogP contribution in [0.15, 0.2) is 30.3 Å². The van der Waals surface area contributed by atoms with Crippen LogP contribution < -0.4 is 14.8 Å². The monoisotopic (exact) mass is 343 g/mol. The fourth-order valence-electron chi connectivity index (χ4n) is 2.92. The van der Waals surface area contributed by atoms with Crippen molar-refractivity contribution in [2.45, 2.75) is 39.8 Å². The summed E-state index contributed by atoms with van der Waals surface area (Å²) in [7, 11) is 0. The molecule has 0 unspecified atom stereocenters. The van der Waals surface area contributed by atoms with Gasteiger partial charge >= 0.3 is 0 Å². The van der Waals surface area contributed by atoms with Crippen LogP contribution in [0.25, 0.3) is 0 Å². The van der Waals surface area contributed by atoms with Gasteiger partial charge < -0.3 is 14.8 Å². The molecule has 0 saturated heterocycles. The number of ether oxygens (including phenoxy) is 2. The number of carbonyl (C=O) groups excluding carboxylic acids is 1. The molecule has 0 saturated carbocycles. The van der Waals surface area contributed by atoms with Gasteiger partial charge in [0, 0.05) is 29.7 Å². The first-order chi connectivity index (χ1) is 12.0. The van der Waals surface area contributed by atoms with E-state index in [0.29, 0.717) is 17.7 Å². The van der Waals surface area contributed by atoms with Crippen molar-refractivity contribution in [3.63, 3.8) is 0 Å². The van der Waals surface area contributed by atoms with Gasteiger partial charge in [-0.2, -0.15) is 0 Å². The van der Waals surface area contributed by atoms with E-state index in [9.17, 15) is 9.18 Å². The standard InChI is InChI=1S/C20H22FNO3/c1-4-24-18-9-15-7-13(3)25-19(15)10-16(18)11-22-20(23)14-6-5-12(2)17(21)8-14/h5-6,8-10,13H,4,7,11H2,1-3H3,(H,22,23)/t13-/m0/s1. The smallest absolute Gasteiger partial charge is 0.251 e. The lowest BCUT2D eigenvalue weighted by atomic mass is 10.1. The van der Waals surface area contributed by atoms with E-state index in [-0.39, 0.29) is 24.4 Å². The molecular weight excluding hydrogens is 321 g/mol. The van der Waals surface area contributed by atoms with Gasteiger partial charge in [-0.25, -0.2) is 4.39 Å². The Hall–Kier alpha value is -2.56. The molecule has 2 aromatic carbocycles. The number of carbonyl (C=O) groups is 1. The Labute approximate surface area is 147 Å². The van der Waals surface area contributed by atoms with Gasteiger partial charge in [0.25, 0.3) is 5.91 Å². The van der Waals surface area contributed by atoms with Crippen molar-refractivity contribution < 1.29 is 18.7 Å². The Morgan fingerprint density at radius 1 is 1.36 bits per heavy atom. The van der Waals surface area contributed by atoms with Crippen molar-refractivity contribution >= 4 is 5.91 Å². The molecule has 1 heterocycles. The molecule has 1 atom stereocenters. The second-order valence-corrected chi connectivity index (χ2v) is 6.28. The first-order valence-corrected chi connectivity index (χ1v) is 8.47. The average molecular weight is 343 g/mol. The van der Waals surface area contributed by atoms with E-state index in [2.05, 4.69) is 5.32 Å². The van der Waals surface area contributed by atoms with Crippen molar-refractivity contribution in [1.82, 2.24) is 5.32 Å².